The van der Waals surface area contributed by atoms with Gasteiger partial charge < -0.3 is 19.2 Å². The van der Waals surface area contributed by atoms with Gasteiger partial charge in [0.15, 0.2) is 5.13 Å². The summed E-state index contributed by atoms with van der Waals surface area (Å²) in [4.78, 5) is 21.1. The number of hydrogen-bond acceptors (Lipinski definition) is 7. The van der Waals surface area contributed by atoms with Gasteiger partial charge in [0.25, 0.3) is 0 Å². The summed E-state index contributed by atoms with van der Waals surface area (Å²) in [6, 6.07) is 13.0. The van der Waals surface area contributed by atoms with E-state index >= 15 is 0 Å². The highest BCUT2D eigenvalue weighted by Crippen LogP contribution is 2.36. The summed E-state index contributed by atoms with van der Waals surface area (Å²) in [5, 5.41) is 3.14. The molecule has 2 saturated heterocycles. The number of anilines is 1. The second-order valence-corrected chi connectivity index (χ2v) is 11.3. The van der Waals surface area contributed by atoms with E-state index < -0.39 is 0 Å². The van der Waals surface area contributed by atoms with Crippen LogP contribution in [-0.2, 0) is 22.7 Å². The maximum atomic E-state index is 11.3. The lowest BCUT2D eigenvalue weighted by Gasteiger charge is -2.34. The number of thiazole rings is 1. The number of ether oxygens (including phenoxy) is 2. The van der Waals surface area contributed by atoms with Crippen molar-refractivity contribution in [3.63, 3.8) is 0 Å². The molecule has 0 unspecified atom stereocenters. The molecule has 5 rings (SSSR count). The van der Waals surface area contributed by atoms with Crippen LogP contribution in [0.4, 0.5) is 5.13 Å². The molecule has 0 amide bonds. The summed E-state index contributed by atoms with van der Waals surface area (Å²) in [5.41, 5.74) is 6.94. The third kappa shape index (κ3) is 6.22. The zero-order chi connectivity index (χ0) is 25.8. The molecule has 2 aliphatic rings. The van der Waals surface area contributed by atoms with Crippen molar-refractivity contribution < 1.29 is 14.3 Å². The molecule has 37 heavy (non-hydrogen) atoms. The fraction of sp³-hybridized carbons (Fsp3) is 0.467. The molecule has 7 heteroatoms. The minimum absolute atomic E-state index is 0.157. The Hall–Kier alpha value is -2.74. The number of rotatable bonds is 8. The van der Waals surface area contributed by atoms with Crippen molar-refractivity contribution in [2.24, 2.45) is 11.8 Å². The van der Waals surface area contributed by atoms with Gasteiger partial charge in [-0.05, 0) is 55.0 Å². The normalized spacial score (nSPS) is 20.7. The zero-order valence-corrected chi connectivity index (χ0v) is 22.9. The SMILES string of the molecule is Cc1ccc(OCc2ccc(CN3CCOCC3)cc2C)c(-c2csc(N3CC[C@@H](C=O)[C@@H](C)C3)n2)c1. The lowest BCUT2D eigenvalue weighted by molar-refractivity contribution is -0.112. The Labute approximate surface area is 224 Å². The van der Waals surface area contributed by atoms with Crippen LogP contribution in [0, 0.1) is 25.7 Å². The number of aldehydes is 1. The number of aryl methyl sites for hydroxylation is 2. The van der Waals surface area contributed by atoms with E-state index in [0.717, 1.165) is 80.8 Å². The first-order chi connectivity index (χ1) is 18.0. The highest BCUT2D eigenvalue weighted by molar-refractivity contribution is 7.14. The molecule has 196 valence electrons. The van der Waals surface area contributed by atoms with Crippen molar-refractivity contribution in [1.29, 1.82) is 0 Å². The van der Waals surface area contributed by atoms with Crippen LogP contribution in [0.5, 0.6) is 5.75 Å². The number of carbonyl (C=O) groups is 1. The summed E-state index contributed by atoms with van der Waals surface area (Å²) < 4.78 is 11.9. The smallest absolute Gasteiger partial charge is 0.185 e. The second kappa shape index (κ2) is 11.8. The number of morpholine rings is 1. The van der Waals surface area contributed by atoms with Crippen molar-refractivity contribution in [2.75, 3.05) is 44.3 Å². The van der Waals surface area contributed by atoms with Crippen LogP contribution in [0.3, 0.4) is 0 Å². The van der Waals surface area contributed by atoms with Crippen molar-refractivity contribution in [3.8, 4) is 17.0 Å². The highest BCUT2D eigenvalue weighted by Gasteiger charge is 2.27. The number of hydrogen-bond donors (Lipinski definition) is 0. The van der Waals surface area contributed by atoms with Gasteiger partial charge in [-0.3, -0.25) is 4.90 Å². The van der Waals surface area contributed by atoms with Gasteiger partial charge in [0.1, 0.15) is 18.6 Å². The number of piperidine rings is 1. The molecule has 3 aromatic rings. The number of benzene rings is 2. The van der Waals surface area contributed by atoms with Crippen molar-refractivity contribution in [2.45, 2.75) is 40.3 Å². The Kier molecular flexibility index (Phi) is 8.23. The van der Waals surface area contributed by atoms with Gasteiger partial charge in [0, 0.05) is 49.6 Å². The number of nitrogens with zero attached hydrogens (tertiary/aromatic N) is 3. The molecule has 0 saturated carbocycles. The average molecular weight is 520 g/mol. The van der Waals surface area contributed by atoms with Crippen LogP contribution < -0.4 is 9.64 Å². The lowest BCUT2D eigenvalue weighted by Crippen LogP contribution is -2.39. The maximum Gasteiger partial charge on any atom is 0.185 e. The van der Waals surface area contributed by atoms with Crippen LogP contribution in [-0.4, -0.2) is 55.6 Å². The molecule has 2 fully saturated rings. The molecule has 0 N–H and O–H groups in total. The number of aromatic nitrogens is 1. The molecule has 0 radical (unpaired) electrons. The van der Waals surface area contributed by atoms with E-state index in [4.69, 9.17) is 14.5 Å². The average Bonchev–Trinajstić information content (AvgIpc) is 3.40. The van der Waals surface area contributed by atoms with Gasteiger partial charge >= 0.3 is 0 Å². The minimum Gasteiger partial charge on any atom is -0.488 e. The minimum atomic E-state index is 0.157. The first kappa shape index (κ1) is 25.9. The van der Waals surface area contributed by atoms with Gasteiger partial charge in [-0.25, -0.2) is 4.98 Å². The van der Waals surface area contributed by atoms with Gasteiger partial charge in [0.2, 0.25) is 0 Å². The fourth-order valence-corrected chi connectivity index (χ4v) is 6.10. The Morgan fingerprint density at radius 2 is 1.97 bits per heavy atom. The predicted molar refractivity (Wildman–Crippen MR) is 149 cm³/mol. The van der Waals surface area contributed by atoms with Gasteiger partial charge in [-0.2, -0.15) is 0 Å². The van der Waals surface area contributed by atoms with Gasteiger partial charge in [-0.15, -0.1) is 11.3 Å². The Morgan fingerprint density at radius 1 is 1.14 bits per heavy atom. The van der Waals surface area contributed by atoms with Crippen molar-refractivity contribution in [1.82, 2.24) is 9.88 Å². The summed E-state index contributed by atoms with van der Waals surface area (Å²) in [6.07, 6.45) is 2.01. The topological polar surface area (TPSA) is 54.9 Å². The van der Waals surface area contributed by atoms with Gasteiger partial charge in [0.05, 0.1) is 18.9 Å². The summed E-state index contributed by atoms with van der Waals surface area (Å²) in [6.45, 7) is 13.3. The second-order valence-electron chi connectivity index (χ2n) is 10.5. The molecule has 0 bridgehead atoms. The molecular formula is C30H37N3O3S. The van der Waals surface area contributed by atoms with Crippen LogP contribution in [0.1, 0.15) is 35.6 Å². The summed E-state index contributed by atoms with van der Waals surface area (Å²) in [7, 11) is 0. The largest absolute Gasteiger partial charge is 0.488 e. The molecule has 2 aromatic carbocycles. The van der Waals surface area contributed by atoms with Crippen LogP contribution in [0.15, 0.2) is 41.8 Å². The lowest BCUT2D eigenvalue weighted by atomic mass is 9.88. The summed E-state index contributed by atoms with van der Waals surface area (Å²) in [5.74, 6) is 1.36. The quantitative estimate of drug-likeness (QED) is 0.367. The molecule has 6 nitrogen and oxygen atoms in total. The molecule has 0 aliphatic carbocycles. The Morgan fingerprint density at radius 3 is 2.73 bits per heavy atom. The van der Waals surface area contributed by atoms with E-state index in [9.17, 15) is 4.79 Å². The predicted octanol–water partition coefficient (Wildman–Crippen LogP) is 5.50. The van der Waals surface area contributed by atoms with Crippen LogP contribution in [0.2, 0.25) is 0 Å². The number of carbonyl (C=O) groups excluding carboxylic acids is 1. The molecule has 2 aliphatic heterocycles. The van der Waals surface area contributed by atoms with Crippen molar-refractivity contribution in [3.05, 3.63) is 64.0 Å². The van der Waals surface area contributed by atoms with Crippen LogP contribution in [0.25, 0.3) is 11.3 Å². The molecule has 0 spiro atoms. The molecule has 1 aromatic heterocycles. The fourth-order valence-electron chi connectivity index (χ4n) is 5.23. The highest BCUT2D eigenvalue weighted by atomic mass is 32.1. The Bertz CT molecular complexity index is 1220. The van der Waals surface area contributed by atoms with E-state index in [0.29, 0.717) is 12.5 Å². The third-order valence-corrected chi connectivity index (χ3v) is 8.52. The summed E-state index contributed by atoms with van der Waals surface area (Å²) >= 11 is 1.67. The van der Waals surface area contributed by atoms with E-state index in [1.807, 2.05) is 0 Å². The third-order valence-electron chi connectivity index (χ3n) is 7.62. The van der Waals surface area contributed by atoms with E-state index in [-0.39, 0.29) is 5.92 Å². The Balaban J connectivity index is 1.27. The maximum absolute atomic E-state index is 11.3. The molecule has 2 atom stereocenters. The standard InChI is InChI=1S/C30H37N3O3S/c1-21-4-7-29(36-19-26-6-5-24(15-22(26)2)17-32-10-12-35-13-11-32)27(14-21)28-20-37-30(31-28)33-9-8-25(18-34)23(3)16-33/h4-7,14-15,18,20,23,25H,8-13,16-17,19H2,1-3H3/t23-,25-/m0/s1. The monoisotopic (exact) mass is 519 g/mol. The van der Waals surface area contributed by atoms with E-state index in [2.05, 4.69) is 72.3 Å². The van der Waals surface area contributed by atoms with E-state index in [1.54, 1.807) is 11.3 Å². The van der Waals surface area contributed by atoms with E-state index in [1.165, 1.54) is 22.3 Å². The van der Waals surface area contributed by atoms with Gasteiger partial charge in [-0.1, -0.05) is 36.8 Å². The first-order valence-electron chi connectivity index (χ1n) is 13.3. The molecule has 3 heterocycles. The molecular weight excluding hydrogens is 482 g/mol. The zero-order valence-electron chi connectivity index (χ0n) is 22.1. The van der Waals surface area contributed by atoms with Crippen LogP contribution >= 0.6 is 11.3 Å². The van der Waals surface area contributed by atoms with Crippen molar-refractivity contribution >= 4 is 22.8 Å². The first-order valence-corrected chi connectivity index (χ1v) is 14.2.